The first-order chi connectivity index (χ1) is 13.0. The van der Waals surface area contributed by atoms with Crippen molar-refractivity contribution in [3.8, 4) is 0 Å². The maximum Gasteiger partial charge on any atom is 0.273 e. The van der Waals surface area contributed by atoms with Gasteiger partial charge in [0.25, 0.3) is 5.91 Å². The van der Waals surface area contributed by atoms with Crippen molar-refractivity contribution in [1.29, 1.82) is 0 Å². The Morgan fingerprint density at radius 2 is 2.07 bits per heavy atom. The molecule has 0 aliphatic carbocycles. The molecule has 2 aromatic rings. The Balaban J connectivity index is 1.39. The lowest BCUT2D eigenvalue weighted by molar-refractivity contribution is -0.139. The first-order valence-electron chi connectivity index (χ1n) is 9.44. The van der Waals surface area contributed by atoms with Crippen LogP contribution in [0.25, 0.3) is 0 Å². The van der Waals surface area contributed by atoms with E-state index >= 15 is 0 Å². The third kappa shape index (κ3) is 3.88. The summed E-state index contributed by atoms with van der Waals surface area (Å²) in [5, 5.41) is 2.76. The molecule has 0 bridgehead atoms. The molecular formula is C20H24N4O2S. The van der Waals surface area contributed by atoms with E-state index in [0.717, 1.165) is 49.6 Å². The van der Waals surface area contributed by atoms with Gasteiger partial charge in [-0.2, -0.15) is 0 Å². The van der Waals surface area contributed by atoms with Gasteiger partial charge in [0.15, 0.2) is 0 Å². The Labute approximate surface area is 163 Å². The van der Waals surface area contributed by atoms with Crippen LogP contribution in [-0.4, -0.2) is 51.2 Å². The number of carbonyl (C=O) groups excluding carboxylic acids is 2. The minimum absolute atomic E-state index is 0.0337. The summed E-state index contributed by atoms with van der Waals surface area (Å²) in [5.74, 6) is 0.245. The second-order valence-electron chi connectivity index (χ2n) is 7.61. The van der Waals surface area contributed by atoms with Gasteiger partial charge in [-0.1, -0.05) is 6.07 Å². The number of thiazole rings is 1. The lowest BCUT2D eigenvalue weighted by atomic mass is 9.72. The molecule has 7 heteroatoms. The average Bonchev–Trinajstić information content (AvgIpc) is 3.12. The maximum absolute atomic E-state index is 12.6. The molecule has 2 aromatic heterocycles. The summed E-state index contributed by atoms with van der Waals surface area (Å²) in [6.07, 6.45) is 5.15. The number of hydrogen-bond donors (Lipinski definition) is 0. The summed E-state index contributed by atoms with van der Waals surface area (Å²) in [6, 6.07) is 5.81. The average molecular weight is 385 g/mol. The molecule has 27 heavy (non-hydrogen) atoms. The van der Waals surface area contributed by atoms with Gasteiger partial charge in [-0.15, -0.1) is 11.3 Å². The van der Waals surface area contributed by atoms with Crippen LogP contribution in [0, 0.1) is 12.3 Å². The maximum atomic E-state index is 12.6. The van der Waals surface area contributed by atoms with Crippen molar-refractivity contribution in [1.82, 2.24) is 19.8 Å². The molecule has 2 saturated heterocycles. The van der Waals surface area contributed by atoms with Crippen LogP contribution in [-0.2, 0) is 11.3 Å². The van der Waals surface area contributed by atoms with Crippen molar-refractivity contribution in [3.63, 3.8) is 0 Å². The van der Waals surface area contributed by atoms with E-state index in [2.05, 4.69) is 9.97 Å². The van der Waals surface area contributed by atoms with Crippen LogP contribution in [0.4, 0.5) is 0 Å². The number of piperidine rings is 2. The number of likely N-dealkylation sites (tertiary alicyclic amines) is 2. The van der Waals surface area contributed by atoms with Crippen molar-refractivity contribution in [2.75, 3.05) is 19.6 Å². The molecule has 4 heterocycles. The molecule has 0 aromatic carbocycles. The Bertz CT molecular complexity index is 828. The predicted molar refractivity (Wildman–Crippen MR) is 103 cm³/mol. The van der Waals surface area contributed by atoms with Gasteiger partial charge in [-0.25, -0.2) is 4.98 Å². The molecular weight excluding hydrogens is 360 g/mol. The number of aromatic nitrogens is 2. The third-order valence-electron chi connectivity index (χ3n) is 5.78. The quantitative estimate of drug-likeness (QED) is 0.816. The standard InChI is InChI=1S/C20H24N4O2S/c1-15-22-17(13-27-15)19(26)23-10-7-20(8-11-23)6-5-18(25)24(14-20)12-16-4-2-3-9-21-16/h2-4,9,13H,5-8,10-12,14H2,1H3. The van der Waals surface area contributed by atoms with E-state index in [1.165, 1.54) is 11.3 Å². The van der Waals surface area contributed by atoms with Gasteiger partial charge in [-0.05, 0) is 43.7 Å². The molecule has 0 unspecified atom stereocenters. The van der Waals surface area contributed by atoms with Gasteiger partial charge in [-0.3, -0.25) is 14.6 Å². The number of nitrogens with zero attached hydrogens (tertiary/aromatic N) is 4. The van der Waals surface area contributed by atoms with Crippen molar-refractivity contribution in [2.45, 2.75) is 39.2 Å². The minimum Gasteiger partial charge on any atom is -0.337 e. The second-order valence-corrected chi connectivity index (χ2v) is 8.68. The molecule has 0 N–H and O–H groups in total. The molecule has 0 atom stereocenters. The summed E-state index contributed by atoms with van der Waals surface area (Å²) in [6.45, 7) is 4.73. The molecule has 2 aliphatic heterocycles. The van der Waals surface area contributed by atoms with Gasteiger partial charge in [0.05, 0.1) is 17.2 Å². The molecule has 2 fully saturated rings. The smallest absolute Gasteiger partial charge is 0.273 e. The molecule has 4 rings (SSSR count). The fourth-order valence-corrected chi connectivity index (χ4v) is 4.74. The zero-order chi connectivity index (χ0) is 18.9. The van der Waals surface area contributed by atoms with Crippen LogP contribution in [0.1, 0.15) is 46.9 Å². The molecule has 1 spiro atoms. The van der Waals surface area contributed by atoms with Crippen molar-refractivity contribution < 1.29 is 9.59 Å². The molecule has 2 amide bonds. The van der Waals surface area contributed by atoms with Crippen LogP contribution in [0.3, 0.4) is 0 Å². The van der Waals surface area contributed by atoms with Crippen LogP contribution in [0.15, 0.2) is 29.8 Å². The number of pyridine rings is 1. The largest absolute Gasteiger partial charge is 0.337 e. The Morgan fingerprint density at radius 1 is 1.26 bits per heavy atom. The first kappa shape index (κ1) is 18.1. The topological polar surface area (TPSA) is 66.4 Å². The Hall–Kier alpha value is -2.28. The molecule has 0 saturated carbocycles. The molecule has 6 nitrogen and oxygen atoms in total. The second kappa shape index (κ2) is 7.38. The van der Waals surface area contributed by atoms with Gasteiger partial charge in [0, 0.05) is 37.6 Å². The molecule has 2 aliphatic rings. The summed E-state index contributed by atoms with van der Waals surface area (Å²) < 4.78 is 0. The van der Waals surface area contributed by atoms with Crippen molar-refractivity contribution in [2.24, 2.45) is 5.41 Å². The van der Waals surface area contributed by atoms with Crippen LogP contribution >= 0.6 is 11.3 Å². The first-order valence-corrected chi connectivity index (χ1v) is 10.3. The summed E-state index contributed by atoms with van der Waals surface area (Å²) in [7, 11) is 0. The van der Waals surface area contributed by atoms with E-state index in [4.69, 9.17) is 0 Å². The number of aryl methyl sites for hydroxylation is 1. The predicted octanol–water partition coefficient (Wildman–Crippen LogP) is 2.89. The lowest BCUT2D eigenvalue weighted by Gasteiger charge is -2.47. The fraction of sp³-hybridized carbons (Fsp3) is 0.500. The van der Waals surface area contributed by atoms with Gasteiger partial charge in [0.1, 0.15) is 5.69 Å². The summed E-state index contributed by atoms with van der Waals surface area (Å²) in [5.41, 5.74) is 1.61. The van der Waals surface area contributed by atoms with Gasteiger partial charge < -0.3 is 9.80 Å². The normalized spacial score (nSPS) is 19.5. The summed E-state index contributed by atoms with van der Waals surface area (Å²) in [4.78, 5) is 37.6. The highest BCUT2D eigenvalue weighted by Gasteiger charge is 2.42. The molecule has 0 radical (unpaired) electrons. The van der Waals surface area contributed by atoms with Crippen molar-refractivity contribution >= 4 is 23.2 Å². The summed E-state index contributed by atoms with van der Waals surface area (Å²) >= 11 is 1.51. The zero-order valence-electron chi connectivity index (χ0n) is 15.6. The number of amides is 2. The van der Waals surface area contributed by atoms with Crippen LogP contribution in [0.2, 0.25) is 0 Å². The number of rotatable bonds is 3. The van der Waals surface area contributed by atoms with E-state index in [9.17, 15) is 9.59 Å². The monoisotopic (exact) mass is 384 g/mol. The molecule has 142 valence electrons. The van der Waals surface area contributed by atoms with Gasteiger partial charge >= 0.3 is 0 Å². The van der Waals surface area contributed by atoms with Crippen LogP contribution in [0.5, 0.6) is 0 Å². The van der Waals surface area contributed by atoms with E-state index < -0.39 is 0 Å². The van der Waals surface area contributed by atoms with Gasteiger partial charge in [0.2, 0.25) is 5.91 Å². The third-order valence-corrected chi connectivity index (χ3v) is 6.55. The number of carbonyl (C=O) groups is 2. The van der Waals surface area contributed by atoms with Crippen molar-refractivity contribution in [3.05, 3.63) is 46.2 Å². The van der Waals surface area contributed by atoms with E-state index in [1.54, 1.807) is 6.20 Å². The lowest BCUT2D eigenvalue weighted by Crippen LogP contribution is -2.52. The van der Waals surface area contributed by atoms with E-state index in [1.807, 2.05) is 40.3 Å². The minimum atomic E-state index is 0.0337. The fourth-order valence-electron chi connectivity index (χ4n) is 4.15. The Morgan fingerprint density at radius 3 is 2.74 bits per heavy atom. The Kier molecular flexibility index (Phi) is 4.95. The SMILES string of the molecule is Cc1nc(C(=O)N2CCC3(CCC(=O)N(Cc4ccccn4)C3)CC2)cs1. The van der Waals surface area contributed by atoms with E-state index in [-0.39, 0.29) is 17.2 Å². The van der Waals surface area contributed by atoms with Crippen LogP contribution < -0.4 is 0 Å². The zero-order valence-corrected chi connectivity index (χ0v) is 16.4. The number of hydrogen-bond acceptors (Lipinski definition) is 5. The highest BCUT2D eigenvalue weighted by molar-refractivity contribution is 7.09. The van der Waals surface area contributed by atoms with E-state index in [0.29, 0.717) is 18.7 Å². The highest BCUT2D eigenvalue weighted by Crippen LogP contribution is 2.40. The highest BCUT2D eigenvalue weighted by atomic mass is 32.1.